The van der Waals surface area contributed by atoms with E-state index in [4.69, 9.17) is 5.11 Å². The zero-order valence-corrected chi connectivity index (χ0v) is 12.2. The van der Waals surface area contributed by atoms with Crippen LogP contribution in [0.25, 0.3) is 0 Å². The number of aliphatic carboxylic acids is 1. The summed E-state index contributed by atoms with van der Waals surface area (Å²) in [5, 5.41) is 18.6. The number of likely N-dealkylation sites (N-methyl/N-ethyl adjacent to an activating group) is 1. The second kappa shape index (κ2) is 7.36. The van der Waals surface area contributed by atoms with Gasteiger partial charge in [0, 0.05) is 27.1 Å². The van der Waals surface area contributed by atoms with Crippen molar-refractivity contribution in [1.29, 1.82) is 0 Å². The standard InChI is InChI=1S/C12H19N5O4/c1-8(4-11(19)20)5-13-12(21)9-6-17(15-14-9)7-10(18)16(2)3/h6,8H,4-5,7H2,1-3H3,(H,13,21)(H,19,20). The Hall–Kier alpha value is -2.45. The van der Waals surface area contributed by atoms with E-state index in [0.717, 1.165) is 0 Å². The molecular formula is C12H19N5O4. The van der Waals surface area contributed by atoms with Crippen molar-refractivity contribution < 1.29 is 19.5 Å². The maximum Gasteiger partial charge on any atom is 0.303 e. The Morgan fingerprint density at radius 2 is 2.10 bits per heavy atom. The molecule has 0 aliphatic carbocycles. The lowest BCUT2D eigenvalue weighted by molar-refractivity contribution is -0.138. The van der Waals surface area contributed by atoms with Crippen molar-refractivity contribution in [2.24, 2.45) is 5.92 Å². The van der Waals surface area contributed by atoms with Gasteiger partial charge in [0.15, 0.2) is 5.69 Å². The van der Waals surface area contributed by atoms with Crippen LogP contribution in [0.1, 0.15) is 23.8 Å². The highest BCUT2D eigenvalue weighted by molar-refractivity contribution is 5.91. The van der Waals surface area contributed by atoms with E-state index in [1.165, 1.54) is 15.8 Å². The molecule has 1 aromatic heterocycles. The molecule has 9 nitrogen and oxygen atoms in total. The normalized spacial score (nSPS) is 11.8. The summed E-state index contributed by atoms with van der Waals surface area (Å²) in [5.41, 5.74) is 0.0871. The number of rotatable bonds is 7. The molecule has 0 bridgehead atoms. The first-order chi connectivity index (χ1) is 9.79. The molecule has 2 N–H and O–H groups in total. The van der Waals surface area contributed by atoms with E-state index in [1.807, 2.05) is 0 Å². The van der Waals surface area contributed by atoms with Gasteiger partial charge in [-0.15, -0.1) is 5.10 Å². The second-order valence-electron chi connectivity index (χ2n) is 5.00. The van der Waals surface area contributed by atoms with Crippen molar-refractivity contribution in [2.45, 2.75) is 19.9 Å². The third-order valence-corrected chi connectivity index (χ3v) is 2.70. The quantitative estimate of drug-likeness (QED) is 0.681. The molecule has 1 unspecified atom stereocenters. The molecule has 1 aromatic rings. The van der Waals surface area contributed by atoms with E-state index in [2.05, 4.69) is 15.6 Å². The lowest BCUT2D eigenvalue weighted by atomic mass is 10.1. The maximum absolute atomic E-state index is 11.8. The van der Waals surface area contributed by atoms with Crippen molar-refractivity contribution >= 4 is 17.8 Å². The summed E-state index contributed by atoms with van der Waals surface area (Å²) in [6, 6.07) is 0. The molecule has 2 amide bonds. The Labute approximate surface area is 121 Å². The van der Waals surface area contributed by atoms with Crippen LogP contribution in [0.5, 0.6) is 0 Å². The number of nitrogens with zero attached hydrogens (tertiary/aromatic N) is 4. The number of carboxylic acids is 1. The molecule has 0 fully saturated rings. The number of hydrogen-bond donors (Lipinski definition) is 2. The van der Waals surface area contributed by atoms with Crippen LogP contribution in [-0.2, 0) is 16.1 Å². The van der Waals surface area contributed by atoms with Gasteiger partial charge in [0.2, 0.25) is 5.91 Å². The van der Waals surface area contributed by atoms with Gasteiger partial charge in [-0.2, -0.15) is 0 Å². The van der Waals surface area contributed by atoms with Crippen LogP contribution >= 0.6 is 0 Å². The Morgan fingerprint density at radius 1 is 1.43 bits per heavy atom. The van der Waals surface area contributed by atoms with Crippen LogP contribution in [0.4, 0.5) is 0 Å². The number of hydrogen-bond acceptors (Lipinski definition) is 5. The summed E-state index contributed by atoms with van der Waals surface area (Å²) in [6.45, 7) is 1.96. The minimum Gasteiger partial charge on any atom is -0.481 e. The minimum atomic E-state index is -0.912. The van der Waals surface area contributed by atoms with E-state index in [9.17, 15) is 14.4 Å². The summed E-state index contributed by atoms with van der Waals surface area (Å²) in [5.74, 6) is -1.71. The number of amides is 2. The average molecular weight is 297 g/mol. The Kier molecular flexibility index (Phi) is 5.82. The molecule has 0 saturated carbocycles. The predicted octanol–water partition coefficient (Wildman–Crippen LogP) is -0.793. The van der Waals surface area contributed by atoms with E-state index < -0.39 is 11.9 Å². The van der Waals surface area contributed by atoms with Gasteiger partial charge in [0.1, 0.15) is 6.54 Å². The van der Waals surface area contributed by atoms with Crippen molar-refractivity contribution in [2.75, 3.05) is 20.6 Å². The molecule has 1 rings (SSSR count). The lowest BCUT2D eigenvalue weighted by Crippen LogP contribution is -2.29. The fourth-order valence-electron chi connectivity index (χ4n) is 1.49. The molecular weight excluding hydrogens is 278 g/mol. The largest absolute Gasteiger partial charge is 0.481 e. The van der Waals surface area contributed by atoms with Gasteiger partial charge in [-0.25, -0.2) is 4.68 Å². The zero-order valence-electron chi connectivity index (χ0n) is 12.2. The zero-order chi connectivity index (χ0) is 16.0. The predicted molar refractivity (Wildman–Crippen MR) is 72.5 cm³/mol. The third kappa shape index (κ3) is 5.59. The van der Waals surface area contributed by atoms with Crippen LogP contribution in [0, 0.1) is 5.92 Å². The van der Waals surface area contributed by atoms with Gasteiger partial charge in [-0.3, -0.25) is 14.4 Å². The van der Waals surface area contributed by atoms with Crippen molar-refractivity contribution in [1.82, 2.24) is 25.2 Å². The molecule has 0 radical (unpaired) electrons. The number of aromatic nitrogens is 3. The van der Waals surface area contributed by atoms with E-state index in [1.54, 1.807) is 21.0 Å². The minimum absolute atomic E-state index is 0.00268. The van der Waals surface area contributed by atoms with Crippen LogP contribution in [-0.4, -0.2) is 63.4 Å². The van der Waals surface area contributed by atoms with E-state index in [0.29, 0.717) is 0 Å². The molecule has 0 aliphatic heterocycles. The highest BCUT2D eigenvalue weighted by Gasteiger charge is 2.14. The topological polar surface area (TPSA) is 117 Å². The van der Waals surface area contributed by atoms with Gasteiger partial charge in [0.25, 0.3) is 5.91 Å². The van der Waals surface area contributed by atoms with Crippen LogP contribution < -0.4 is 5.32 Å². The number of carbonyl (C=O) groups excluding carboxylic acids is 2. The molecule has 0 saturated heterocycles. The number of carbonyl (C=O) groups is 3. The van der Waals surface area contributed by atoms with Gasteiger partial charge < -0.3 is 15.3 Å². The Bertz CT molecular complexity index is 525. The summed E-state index contributed by atoms with van der Waals surface area (Å²) in [7, 11) is 3.24. The van der Waals surface area contributed by atoms with Crippen LogP contribution in [0.2, 0.25) is 0 Å². The Morgan fingerprint density at radius 3 is 2.67 bits per heavy atom. The molecule has 116 valence electrons. The molecule has 1 heterocycles. The van der Waals surface area contributed by atoms with Gasteiger partial charge in [-0.1, -0.05) is 12.1 Å². The van der Waals surface area contributed by atoms with Crippen LogP contribution in [0.15, 0.2) is 6.20 Å². The fourth-order valence-corrected chi connectivity index (χ4v) is 1.49. The van der Waals surface area contributed by atoms with Crippen molar-refractivity contribution in [3.63, 3.8) is 0 Å². The van der Waals surface area contributed by atoms with Crippen molar-refractivity contribution in [3.8, 4) is 0 Å². The first-order valence-electron chi connectivity index (χ1n) is 6.40. The maximum atomic E-state index is 11.8. The summed E-state index contributed by atoms with van der Waals surface area (Å²) < 4.78 is 1.28. The first-order valence-corrected chi connectivity index (χ1v) is 6.40. The summed E-state index contributed by atoms with van der Waals surface area (Å²) in [4.78, 5) is 35.2. The molecule has 0 aliphatic rings. The molecule has 1 atom stereocenters. The van der Waals surface area contributed by atoms with Gasteiger partial charge in [0.05, 0.1) is 6.20 Å². The smallest absolute Gasteiger partial charge is 0.303 e. The molecule has 0 aromatic carbocycles. The van der Waals surface area contributed by atoms with Crippen molar-refractivity contribution in [3.05, 3.63) is 11.9 Å². The Balaban J connectivity index is 2.50. The van der Waals surface area contributed by atoms with Gasteiger partial charge in [-0.05, 0) is 5.92 Å². The first kappa shape index (κ1) is 16.6. The van der Waals surface area contributed by atoms with Gasteiger partial charge >= 0.3 is 5.97 Å². The number of carboxylic acid groups (broad SMARTS) is 1. The van der Waals surface area contributed by atoms with E-state index in [-0.39, 0.29) is 37.0 Å². The SMILES string of the molecule is CC(CNC(=O)c1cn(CC(=O)N(C)C)nn1)CC(=O)O. The average Bonchev–Trinajstić information content (AvgIpc) is 2.83. The number of nitrogens with one attached hydrogen (secondary N) is 1. The monoisotopic (exact) mass is 297 g/mol. The second-order valence-corrected chi connectivity index (χ2v) is 5.00. The molecule has 0 spiro atoms. The summed E-state index contributed by atoms with van der Waals surface area (Å²) in [6.07, 6.45) is 1.35. The molecule has 21 heavy (non-hydrogen) atoms. The highest BCUT2D eigenvalue weighted by atomic mass is 16.4. The van der Waals surface area contributed by atoms with E-state index >= 15 is 0 Å². The van der Waals surface area contributed by atoms with Crippen LogP contribution in [0.3, 0.4) is 0 Å². The fraction of sp³-hybridized carbons (Fsp3) is 0.583. The third-order valence-electron chi connectivity index (χ3n) is 2.70. The highest BCUT2D eigenvalue weighted by Crippen LogP contribution is 2.01. The molecule has 9 heteroatoms. The lowest BCUT2D eigenvalue weighted by Gasteiger charge is -2.09. The summed E-state index contributed by atoms with van der Waals surface area (Å²) >= 11 is 0.